The van der Waals surface area contributed by atoms with E-state index in [9.17, 15) is 31.4 Å². The zero-order valence-electron chi connectivity index (χ0n) is 11.1. The van der Waals surface area contributed by atoms with Gasteiger partial charge in [0.15, 0.2) is 0 Å². The molecule has 0 N–H and O–H groups in total. The number of rotatable bonds is 3. The van der Waals surface area contributed by atoms with Gasteiger partial charge in [0.05, 0.1) is 11.1 Å². The monoisotopic (exact) mass is 329 g/mol. The van der Waals surface area contributed by atoms with Crippen molar-refractivity contribution < 1.29 is 31.4 Å². The first kappa shape index (κ1) is 18.0. The minimum atomic E-state index is -5.01. The van der Waals surface area contributed by atoms with Gasteiger partial charge >= 0.3 is 12.4 Å². The number of benzene rings is 1. The molecule has 0 spiro atoms. The standard InChI is InChI=1S/C13H13F6OP/c1-7(2)6-21-11(20)10-8(12(14,15)16)4-3-5-9(10)13(17,18)19/h3-5,7,20H,6H2,1-2H3/p-1. The van der Waals surface area contributed by atoms with E-state index in [-0.39, 0.29) is 20.3 Å². The summed E-state index contributed by atoms with van der Waals surface area (Å²) in [6.45, 7) is 3.45. The summed E-state index contributed by atoms with van der Waals surface area (Å²) in [5.41, 5.74) is -5.54. The van der Waals surface area contributed by atoms with Crippen LogP contribution in [-0.2, 0) is 12.4 Å². The van der Waals surface area contributed by atoms with Gasteiger partial charge in [-0.3, -0.25) is 0 Å². The summed E-state index contributed by atoms with van der Waals surface area (Å²) in [6, 6.07) is 1.64. The van der Waals surface area contributed by atoms with E-state index in [0.717, 1.165) is 0 Å². The fourth-order valence-electron chi connectivity index (χ4n) is 1.60. The Balaban J connectivity index is 3.54. The minimum absolute atomic E-state index is 0.0111. The van der Waals surface area contributed by atoms with Crippen LogP contribution >= 0.6 is 8.20 Å². The van der Waals surface area contributed by atoms with Crippen molar-refractivity contribution in [3.8, 4) is 0 Å². The van der Waals surface area contributed by atoms with Crippen LogP contribution in [0.25, 0.3) is 0 Å². The average molecular weight is 329 g/mol. The molecule has 0 saturated carbocycles. The van der Waals surface area contributed by atoms with Gasteiger partial charge in [0.25, 0.3) is 0 Å². The molecule has 1 aromatic carbocycles. The molecule has 0 aromatic heterocycles. The summed E-state index contributed by atoms with van der Waals surface area (Å²) >= 11 is 0. The fourth-order valence-corrected chi connectivity index (χ4v) is 2.53. The molecule has 0 aliphatic carbocycles. The summed E-state index contributed by atoms with van der Waals surface area (Å²) in [6.07, 6.45) is -9.83. The molecule has 0 bridgehead atoms. The summed E-state index contributed by atoms with van der Waals surface area (Å²) in [5.74, 6) is -0.0111. The van der Waals surface area contributed by atoms with E-state index in [1.165, 1.54) is 0 Å². The van der Waals surface area contributed by atoms with Gasteiger partial charge in [-0.05, 0) is 29.8 Å². The maximum absolute atomic E-state index is 12.9. The first-order valence-electron chi connectivity index (χ1n) is 5.93. The third kappa shape index (κ3) is 4.71. The Kier molecular flexibility index (Phi) is 5.45. The van der Waals surface area contributed by atoms with Gasteiger partial charge in [-0.2, -0.15) is 26.3 Å². The van der Waals surface area contributed by atoms with Crippen molar-refractivity contribution in [2.45, 2.75) is 26.2 Å². The number of hydrogen-bond donors (Lipinski definition) is 0. The van der Waals surface area contributed by atoms with Gasteiger partial charge < -0.3 is 5.11 Å². The zero-order chi connectivity index (χ0) is 16.4. The van der Waals surface area contributed by atoms with Crippen LogP contribution in [0.3, 0.4) is 0 Å². The Morgan fingerprint density at radius 3 is 1.81 bits per heavy atom. The molecule has 21 heavy (non-hydrogen) atoms. The SMILES string of the molecule is CC(C)CP=C([O-])c1c(C(F)(F)F)cccc1C(F)(F)F. The maximum atomic E-state index is 12.9. The van der Waals surface area contributed by atoms with Crippen LogP contribution in [-0.4, -0.2) is 11.6 Å². The van der Waals surface area contributed by atoms with Crippen molar-refractivity contribution >= 4 is 13.7 Å². The van der Waals surface area contributed by atoms with Crippen molar-refractivity contribution in [1.82, 2.24) is 0 Å². The van der Waals surface area contributed by atoms with E-state index in [1.807, 2.05) is 0 Å². The molecule has 0 saturated heterocycles. The van der Waals surface area contributed by atoms with Crippen LogP contribution in [0.15, 0.2) is 18.2 Å². The molecule has 1 nitrogen and oxygen atoms in total. The van der Waals surface area contributed by atoms with Crippen LogP contribution in [0, 0.1) is 5.92 Å². The molecule has 1 aromatic rings. The van der Waals surface area contributed by atoms with E-state index < -0.39 is 34.5 Å². The lowest BCUT2D eigenvalue weighted by molar-refractivity contribution is -0.209. The van der Waals surface area contributed by atoms with Crippen molar-refractivity contribution in [3.63, 3.8) is 0 Å². The molecule has 0 radical (unpaired) electrons. The second-order valence-electron chi connectivity index (χ2n) is 4.76. The number of alkyl halides is 6. The molecule has 0 fully saturated rings. The van der Waals surface area contributed by atoms with Gasteiger partial charge in [0.2, 0.25) is 0 Å². The van der Waals surface area contributed by atoms with Crippen molar-refractivity contribution in [2.24, 2.45) is 5.92 Å². The molecule has 0 amide bonds. The summed E-state index contributed by atoms with van der Waals surface area (Å²) in [5, 5.41) is 11.9. The molecule has 0 heterocycles. The van der Waals surface area contributed by atoms with Gasteiger partial charge in [-0.1, -0.05) is 19.9 Å². The van der Waals surface area contributed by atoms with Crippen LogP contribution in [0.5, 0.6) is 0 Å². The highest BCUT2D eigenvalue weighted by Gasteiger charge is 2.40. The molecule has 0 aliphatic rings. The molecule has 0 aliphatic heterocycles. The van der Waals surface area contributed by atoms with Crippen LogP contribution in [0.1, 0.15) is 30.5 Å². The molecule has 0 atom stereocenters. The summed E-state index contributed by atoms with van der Waals surface area (Å²) in [7, 11) is -0.0825. The summed E-state index contributed by atoms with van der Waals surface area (Å²) < 4.78 is 77.1. The third-order valence-corrected chi connectivity index (χ3v) is 3.91. The Morgan fingerprint density at radius 2 is 1.48 bits per heavy atom. The largest absolute Gasteiger partial charge is 0.824 e. The highest BCUT2D eigenvalue weighted by Crippen LogP contribution is 2.39. The summed E-state index contributed by atoms with van der Waals surface area (Å²) in [4.78, 5) is 0. The maximum Gasteiger partial charge on any atom is 0.416 e. The van der Waals surface area contributed by atoms with Gasteiger partial charge in [0.1, 0.15) is 0 Å². The normalized spacial score (nSPS) is 13.9. The Bertz CT molecular complexity index is 498. The van der Waals surface area contributed by atoms with Crippen molar-refractivity contribution in [3.05, 3.63) is 34.9 Å². The number of hydrogen-bond acceptors (Lipinski definition) is 1. The third-order valence-electron chi connectivity index (χ3n) is 2.49. The predicted molar refractivity (Wildman–Crippen MR) is 67.2 cm³/mol. The van der Waals surface area contributed by atoms with Crippen molar-refractivity contribution in [1.29, 1.82) is 0 Å². The van der Waals surface area contributed by atoms with Gasteiger partial charge in [-0.15, -0.1) is 13.7 Å². The average Bonchev–Trinajstić information content (AvgIpc) is 2.32. The quantitative estimate of drug-likeness (QED) is 0.603. The fraction of sp³-hybridized carbons (Fsp3) is 0.462. The van der Waals surface area contributed by atoms with Gasteiger partial charge in [-0.25, -0.2) is 0 Å². The molecule has 0 unspecified atom stereocenters. The second-order valence-corrected chi connectivity index (χ2v) is 5.85. The van der Waals surface area contributed by atoms with E-state index in [0.29, 0.717) is 18.2 Å². The smallest absolute Gasteiger partial charge is 0.416 e. The second kappa shape index (κ2) is 6.36. The van der Waals surface area contributed by atoms with E-state index in [1.54, 1.807) is 13.8 Å². The lowest BCUT2D eigenvalue weighted by Gasteiger charge is -2.23. The molecule has 8 heteroatoms. The highest BCUT2D eigenvalue weighted by atomic mass is 31.1. The van der Waals surface area contributed by atoms with Gasteiger partial charge in [0, 0.05) is 0 Å². The highest BCUT2D eigenvalue weighted by molar-refractivity contribution is 7.40. The van der Waals surface area contributed by atoms with Crippen LogP contribution in [0.4, 0.5) is 26.3 Å². The molecule has 118 valence electrons. The Hall–Kier alpha value is -1.07. The molecular formula is C13H12F6OP-. The van der Waals surface area contributed by atoms with Crippen molar-refractivity contribution in [2.75, 3.05) is 6.16 Å². The first-order valence-corrected chi connectivity index (χ1v) is 7.01. The lowest BCUT2D eigenvalue weighted by Crippen LogP contribution is -2.26. The van der Waals surface area contributed by atoms with E-state index in [4.69, 9.17) is 0 Å². The Morgan fingerprint density at radius 1 is 1.05 bits per heavy atom. The molecular weight excluding hydrogens is 317 g/mol. The lowest BCUT2D eigenvalue weighted by atomic mass is 10.0. The zero-order valence-corrected chi connectivity index (χ0v) is 12.0. The number of halogens is 6. The Labute approximate surface area is 119 Å². The minimum Gasteiger partial charge on any atom is -0.824 e. The molecule has 1 rings (SSSR count). The van der Waals surface area contributed by atoms with Crippen LogP contribution < -0.4 is 5.11 Å². The van der Waals surface area contributed by atoms with E-state index in [2.05, 4.69) is 0 Å². The van der Waals surface area contributed by atoms with Crippen LogP contribution in [0.2, 0.25) is 0 Å². The topological polar surface area (TPSA) is 23.1 Å². The first-order chi connectivity index (χ1) is 9.44. The van der Waals surface area contributed by atoms with E-state index >= 15 is 0 Å². The predicted octanol–water partition coefficient (Wildman–Crippen LogP) is 4.16.